The second kappa shape index (κ2) is 9.93. The van der Waals surface area contributed by atoms with Gasteiger partial charge >= 0.3 is 0 Å². The number of aliphatic imine (C=N–C) groups is 1. The first kappa shape index (κ1) is 18.3. The minimum atomic E-state index is 0.840. The van der Waals surface area contributed by atoms with Crippen LogP contribution >= 0.6 is 11.3 Å². The van der Waals surface area contributed by atoms with Crippen molar-refractivity contribution in [2.45, 2.75) is 19.8 Å². The number of hydrogen-bond donors (Lipinski definition) is 2. The lowest BCUT2D eigenvalue weighted by Crippen LogP contribution is -2.39. The molecule has 1 heterocycles. The number of aryl methyl sites for hydroxylation is 1. The molecule has 0 radical (unpaired) electrons. The van der Waals surface area contributed by atoms with E-state index in [-0.39, 0.29) is 0 Å². The Morgan fingerprint density at radius 1 is 1.21 bits per heavy atom. The standard InChI is InChI=1S/C18H27N5S/c1-15-22-16(14-24-15)10-12-21-18(19-2)20-11-7-13-23(3)17-8-5-4-6-9-17/h4-6,8-9,14H,7,10-13H2,1-3H3,(H2,19,20,21). The van der Waals surface area contributed by atoms with Gasteiger partial charge in [-0.2, -0.15) is 0 Å². The monoisotopic (exact) mass is 345 g/mol. The van der Waals surface area contributed by atoms with E-state index >= 15 is 0 Å². The number of para-hydroxylation sites is 1. The van der Waals surface area contributed by atoms with Crippen LogP contribution < -0.4 is 15.5 Å². The Morgan fingerprint density at radius 2 is 1.96 bits per heavy atom. The fourth-order valence-electron chi connectivity index (χ4n) is 2.39. The molecule has 0 bridgehead atoms. The van der Waals surface area contributed by atoms with Crippen LogP contribution in [0.15, 0.2) is 40.7 Å². The first-order valence-electron chi connectivity index (χ1n) is 8.30. The average Bonchev–Trinajstić information content (AvgIpc) is 3.02. The zero-order valence-corrected chi connectivity index (χ0v) is 15.6. The Labute approximate surface area is 148 Å². The highest BCUT2D eigenvalue weighted by Gasteiger charge is 2.02. The SMILES string of the molecule is CN=C(NCCCN(C)c1ccccc1)NCCc1csc(C)n1. The van der Waals surface area contributed by atoms with Gasteiger partial charge in [0.05, 0.1) is 10.7 Å². The molecular formula is C18H27N5S. The van der Waals surface area contributed by atoms with Crippen LogP contribution in [-0.4, -0.2) is 44.7 Å². The molecule has 0 aliphatic carbocycles. The molecule has 0 spiro atoms. The van der Waals surface area contributed by atoms with Gasteiger partial charge in [0.15, 0.2) is 5.96 Å². The van der Waals surface area contributed by atoms with Gasteiger partial charge < -0.3 is 15.5 Å². The maximum Gasteiger partial charge on any atom is 0.190 e. The van der Waals surface area contributed by atoms with E-state index in [0.717, 1.165) is 49.1 Å². The van der Waals surface area contributed by atoms with Gasteiger partial charge in [-0.15, -0.1) is 11.3 Å². The lowest BCUT2D eigenvalue weighted by Gasteiger charge is -2.19. The van der Waals surface area contributed by atoms with Gasteiger partial charge in [0.25, 0.3) is 0 Å². The Bertz CT molecular complexity index is 623. The molecule has 2 rings (SSSR count). The third kappa shape index (κ3) is 6.20. The number of aromatic nitrogens is 1. The van der Waals surface area contributed by atoms with Crippen LogP contribution in [0.25, 0.3) is 0 Å². The van der Waals surface area contributed by atoms with E-state index in [1.165, 1.54) is 5.69 Å². The molecule has 0 saturated heterocycles. The number of thiazole rings is 1. The van der Waals surface area contributed by atoms with Crippen molar-refractivity contribution in [2.24, 2.45) is 4.99 Å². The van der Waals surface area contributed by atoms with Crippen molar-refractivity contribution >= 4 is 23.0 Å². The van der Waals surface area contributed by atoms with Crippen molar-refractivity contribution in [1.82, 2.24) is 15.6 Å². The van der Waals surface area contributed by atoms with Gasteiger partial charge in [-0.1, -0.05) is 18.2 Å². The molecule has 0 amide bonds. The maximum absolute atomic E-state index is 4.47. The molecule has 2 N–H and O–H groups in total. The van der Waals surface area contributed by atoms with Crippen molar-refractivity contribution in [3.63, 3.8) is 0 Å². The van der Waals surface area contributed by atoms with Crippen molar-refractivity contribution in [3.05, 3.63) is 46.4 Å². The molecule has 0 aliphatic heterocycles. The molecule has 1 aromatic heterocycles. The molecule has 0 unspecified atom stereocenters. The zero-order valence-electron chi connectivity index (χ0n) is 14.7. The first-order chi connectivity index (χ1) is 11.7. The summed E-state index contributed by atoms with van der Waals surface area (Å²) in [5.74, 6) is 0.851. The Kier molecular flexibility index (Phi) is 7.55. The molecule has 0 fully saturated rings. The van der Waals surface area contributed by atoms with Crippen LogP contribution in [0, 0.1) is 6.92 Å². The van der Waals surface area contributed by atoms with E-state index in [9.17, 15) is 0 Å². The van der Waals surface area contributed by atoms with E-state index in [0.29, 0.717) is 0 Å². The molecule has 0 atom stereocenters. The van der Waals surface area contributed by atoms with Crippen molar-refractivity contribution in [1.29, 1.82) is 0 Å². The zero-order chi connectivity index (χ0) is 17.2. The number of anilines is 1. The third-order valence-corrected chi connectivity index (χ3v) is 4.55. The Morgan fingerprint density at radius 3 is 2.62 bits per heavy atom. The minimum absolute atomic E-state index is 0.840. The molecule has 24 heavy (non-hydrogen) atoms. The van der Waals surface area contributed by atoms with E-state index < -0.39 is 0 Å². The van der Waals surface area contributed by atoms with Crippen LogP contribution in [0.3, 0.4) is 0 Å². The van der Waals surface area contributed by atoms with Crippen molar-refractivity contribution in [3.8, 4) is 0 Å². The summed E-state index contributed by atoms with van der Waals surface area (Å²) < 4.78 is 0. The summed E-state index contributed by atoms with van der Waals surface area (Å²) in [5.41, 5.74) is 2.39. The van der Waals surface area contributed by atoms with Crippen LogP contribution in [0.5, 0.6) is 0 Å². The lowest BCUT2D eigenvalue weighted by atomic mass is 10.3. The quantitative estimate of drug-likeness (QED) is 0.439. The third-order valence-electron chi connectivity index (χ3n) is 3.72. The highest BCUT2D eigenvalue weighted by atomic mass is 32.1. The predicted molar refractivity (Wildman–Crippen MR) is 104 cm³/mol. The average molecular weight is 346 g/mol. The maximum atomic E-state index is 4.47. The number of guanidine groups is 1. The number of benzene rings is 1. The molecule has 130 valence electrons. The molecule has 2 aromatic rings. The molecule has 1 aromatic carbocycles. The van der Waals surface area contributed by atoms with E-state index in [4.69, 9.17) is 0 Å². The summed E-state index contributed by atoms with van der Waals surface area (Å²) in [7, 11) is 3.93. The van der Waals surface area contributed by atoms with Gasteiger partial charge in [0.1, 0.15) is 0 Å². The summed E-state index contributed by atoms with van der Waals surface area (Å²) in [6.45, 7) is 4.78. The van der Waals surface area contributed by atoms with Crippen LogP contribution in [0.1, 0.15) is 17.1 Å². The summed E-state index contributed by atoms with van der Waals surface area (Å²) in [6.07, 6.45) is 1.97. The largest absolute Gasteiger partial charge is 0.375 e. The number of rotatable bonds is 8. The normalized spacial score (nSPS) is 11.4. The van der Waals surface area contributed by atoms with Gasteiger partial charge in [-0.05, 0) is 25.5 Å². The highest BCUT2D eigenvalue weighted by Crippen LogP contribution is 2.10. The fourth-order valence-corrected chi connectivity index (χ4v) is 3.03. The summed E-state index contributed by atoms with van der Waals surface area (Å²) in [5, 5.41) is 9.94. The van der Waals surface area contributed by atoms with Gasteiger partial charge in [-0.3, -0.25) is 4.99 Å². The minimum Gasteiger partial charge on any atom is -0.375 e. The molecule has 0 aliphatic rings. The fraction of sp³-hybridized carbons (Fsp3) is 0.444. The topological polar surface area (TPSA) is 52.6 Å². The second-order valence-electron chi connectivity index (χ2n) is 5.64. The van der Waals surface area contributed by atoms with Crippen molar-refractivity contribution in [2.75, 3.05) is 38.6 Å². The predicted octanol–water partition coefficient (Wildman–Crippen LogP) is 2.69. The number of nitrogens with one attached hydrogen (secondary N) is 2. The molecule has 6 heteroatoms. The summed E-state index contributed by atoms with van der Waals surface area (Å²) >= 11 is 1.70. The van der Waals surface area contributed by atoms with E-state index in [1.54, 1.807) is 18.4 Å². The van der Waals surface area contributed by atoms with Gasteiger partial charge in [0.2, 0.25) is 0 Å². The second-order valence-corrected chi connectivity index (χ2v) is 6.71. The summed E-state index contributed by atoms with van der Waals surface area (Å²) in [6, 6.07) is 10.4. The van der Waals surface area contributed by atoms with Crippen LogP contribution in [0.4, 0.5) is 5.69 Å². The van der Waals surface area contributed by atoms with Gasteiger partial charge in [-0.25, -0.2) is 4.98 Å². The number of nitrogens with zero attached hydrogens (tertiary/aromatic N) is 3. The summed E-state index contributed by atoms with van der Waals surface area (Å²) in [4.78, 5) is 11.0. The molecule has 5 nitrogen and oxygen atoms in total. The molecule has 0 saturated carbocycles. The first-order valence-corrected chi connectivity index (χ1v) is 9.18. The molecular weight excluding hydrogens is 318 g/mol. The number of hydrogen-bond acceptors (Lipinski definition) is 4. The highest BCUT2D eigenvalue weighted by molar-refractivity contribution is 7.09. The smallest absolute Gasteiger partial charge is 0.190 e. The van der Waals surface area contributed by atoms with Crippen LogP contribution in [-0.2, 0) is 6.42 Å². The van der Waals surface area contributed by atoms with Crippen molar-refractivity contribution < 1.29 is 0 Å². The van der Waals surface area contributed by atoms with E-state index in [1.807, 2.05) is 13.0 Å². The van der Waals surface area contributed by atoms with Gasteiger partial charge in [0, 0.05) is 51.2 Å². The lowest BCUT2D eigenvalue weighted by molar-refractivity contribution is 0.726. The Hall–Kier alpha value is -2.08. The Balaban J connectivity index is 1.61. The van der Waals surface area contributed by atoms with Crippen LogP contribution in [0.2, 0.25) is 0 Å². The van der Waals surface area contributed by atoms with E-state index in [2.05, 4.69) is 62.2 Å².